The summed E-state index contributed by atoms with van der Waals surface area (Å²) >= 11 is 6.10. The van der Waals surface area contributed by atoms with E-state index in [2.05, 4.69) is 5.32 Å². The first kappa shape index (κ1) is 19.9. The van der Waals surface area contributed by atoms with Gasteiger partial charge in [-0.1, -0.05) is 30.7 Å². The zero-order chi connectivity index (χ0) is 19.3. The number of hydrogen-bond acceptors (Lipinski definition) is 4. The fraction of sp³-hybridized carbons (Fsp3) is 0.350. The summed E-state index contributed by atoms with van der Waals surface area (Å²) in [6, 6.07) is 9.14. The van der Waals surface area contributed by atoms with Gasteiger partial charge >= 0.3 is 0 Å². The number of benzene rings is 2. The third-order valence-corrected chi connectivity index (χ3v) is 4.30. The smallest absolute Gasteiger partial charge is 0.265 e. The second kappa shape index (κ2) is 8.81. The molecule has 0 radical (unpaired) electrons. The van der Waals surface area contributed by atoms with Crippen LogP contribution < -0.4 is 19.5 Å². The van der Waals surface area contributed by atoms with Gasteiger partial charge in [0.05, 0.1) is 24.9 Å². The number of carbonyl (C=O) groups is 1. The van der Waals surface area contributed by atoms with Gasteiger partial charge in [-0.15, -0.1) is 0 Å². The Bertz CT molecular complexity index is 792. The molecule has 2 aromatic rings. The molecule has 0 saturated heterocycles. The Kier molecular flexibility index (Phi) is 6.75. The van der Waals surface area contributed by atoms with Crippen molar-refractivity contribution in [2.75, 3.05) is 19.5 Å². The van der Waals surface area contributed by atoms with Crippen molar-refractivity contribution in [2.45, 2.75) is 33.3 Å². The van der Waals surface area contributed by atoms with Crippen molar-refractivity contribution in [2.24, 2.45) is 0 Å². The van der Waals surface area contributed by atoms with Crippen LogP contribution >= 0.6 is 11.6 Å². The van der Waals surface area contributed by atoms with E-state index in [1.165, 1.54) is 14.2 Å². The van der Waals surface area contributed by atoms with E-state index in [0.29, 0.717) is 34.4 Å². The fourth-order valence-corrected chi connectivity index (χ4v) is 2.71. The van der Waals surface area contributed by atoms with E-state index in [9.17, 15) is 4.79 Å². The third-order valence-electron chi connectivity index (χ3n) is 4.01. The van der Waals surface area contributed by atoms with E-state index in [4.69, 9.17) is 25.8 Å². The first-order chi connectivity index (χ1) is 12.4. The molecule has 1 atom stereocenters. The maximum absolute atomic E-state index is 12.7. The molecular formula is C20H24ClNO4. The number of aryl methyl sites for hydroxylation is 2. The molecule has 140 valence electrons. The number of ether oxygens (including phenoxy) is 3. The fourth-order valence-electron chi connectivity index (χ4n) is 2.48. The van der Waals surface area contributed by atoms with Gasteiger partial charge in [0.1, 0.15) is 17.2 Å². The molecule has 0 aliphatic rings. The van der Waals surface area contributed by atoms with Crippen LogP contribution in [0.3, 0.4) is 0 Å². The lowest BCUT2D eigenvalue weighted by Crippen LogP contribution is -2.32. The van der Waals surface area contributed by atoms with Crippen LogP contribution in [0.4, 0.5) is 5.69 Å². The Labute approximate surface area is 159 Å². The number of methoxy groups -OCH3 is 2. The number of halogens is 1. The van der Waals surface area contributed by atoms with E-state index in [0.717, 1.165) is 11.1 Å². The van der Waals surface area contributed by atoms with Crippen molar-refractivity contribution < 1.29 is 19.0 Å². The lowest BCUT2D eigenvalue weighted by atomic mass is 10.1. The molecule has 6 heteroatoms. The summed E-state index contributed by atoms with van der Waals surface area (Å²) in [6.45, 7) is 5.83. The van der Waals surface area contributed by atoms with Crippen LogP contribution in [-0.2, 0) is 4.79 Å². The predicted molar refractivity (Wildman–Crippen MR) is 104 cm³/mol. The van der Waals surface area contributed by atoms with Crippen LogP contribution in [-0.4, -0.2) is 26.2 Å². The summed E-state index contributed by atoms with van der Waals surface area (Å²) in [4.78, 5) is 12.7. The highest BCUT2D eigenvalue weighted by Gasteiger charge is 2.21. The highest BCUT2D eigenvalue weighted by atomic mass is 35.5. The molecule has 2 rings (SSSR count). The molecule has 5 nitrogen and oxygen atoms in total. The van der Waals surface area contributed by atoms with E-state index >= 15 is 0 Å². The largest absolute Gasteiger partial charge is 0.495 e. The first-order valence-corrected chi connectivity index (χ1v) is 8.73. The van der Waals surface area contributed by atoms with Gasteiger partial charge in [-0.2, -0.15) is 0 Å². The molecular weight excluding hydrogens is 354 g/mol. The quantitative estimate of drug-likeness (QED) is 0.755. The molecule has 26 heavy (non-hydrogen) atoms. The van der Waals surface area contributed by atoms with E-state index in [1.807, 2.05) is 39.0 Å². The number of nitrogens with one attached hydrogen (secondary N) is 1. The second-order valence-corrected chi connectivity index (χ2v) is 6.37. The topological polar surface area (TPSA) is 56.8 Å². The Morgan fingerprint density at radius 3 is 2.38 bits per heavy atom. The van der Waals surface area contributed by atoms with Crippen molar-refractivity contribution >= 4 is 23.2 Å². The second-order valence-electron chi connectivity index (χ2n) is 5.96. The van der Waals surface area contributed by atoms with Gasteiger partial charge in [-0.3, -0.25) is 4.79 Å². The molecule has 0 saturated carbocycles. The third kappa shape index (κ3) is 4.61. The normalized spacial score (nSPS) is 11.6. The Morgan fingerprint density at radius 1 is 1.08 bits per heavy atom. The summed E-state index contributed by atoms with van der Waals surface area (Å²) in [5.41, 5.74) is 2.53. The van der Waals surface area contributed by atoms with Crippen molar-refractivity contribution in [3.63, 3.8) is 0 Å². The zero-order valence-electron chi connectivity index (χ0n) is 15.7. The summed E-state index contributed by atoms with van der Waals surface area (Å²) in [6.07, 6.45) is -0.117. The van der Waals surface area contributed by atoms with Gasteiger partial charge in [0.25, 0.3) is 5.91 Å². The Hall–Kier alpha value is -2.40. The summed E-state index contributed by atoms with van der Waals surface area (Å²) in [7, 11) is 3.02. The first-order valence-electron chi connectivity index (χ1n) is 8.35. The minimum absolute atomic E-state index is 0.268. The van der Waals surface area contributed by atoms with Gasteiger partial charge in [0, 0.05) is 12.1 Å². The molecule has 0 aliphatic carbocycles. The van der Waals surface area contributed by atoms with Crippen molar-refractivity contribution in [3.05, 3.63) is 46.5 Å². The van der Waals surface area contributed by atoms with Gasteiger partial charge in [-0.25, -0.2) is 0 Å². The van der Waals surface area contributed by atoms with Crippen molar-refractivity contribution in [3.8, 4) is 17.2 Å². The maximum Gasteiger partial charge on any atom is 0.265 e. The van der Waals surface area contributed by atoms with E-state index in [1.54, 1.807) is 12.1 Å². The zero-order valence-corrected chi connectivity index (χ0v) is 16.4. The number of hydrogen-bond donors (Lipinski definition) is 1. The highest BCUT2D eigenvalue weighted by molar-refractivity contribution is 6.32. The molecule has 1 N–H and O–H groups in total. The average molecular weight is 378 g/mol. The number of anilines is 1. The molecule has 0 heterocycles. The molecule has 2 aromatic carbocycles. The highest BCUT2D eigenvalue weighted by Crippen LogP contribution is 2.36. The number of rotatable bonds is 7. The molecule has 0 aliphatic heterocycles. The Balaban J connectivity index is 2.23. The van der Waals surface area contributed by atoms with Crippen LogP contribution in [0.5, 0.6) is 17.2 Å². The van der Waals surface area contributed by atoms with Gasteiger partial charge in [0.15, 0.2) is 6.10 Å². The number of carbonyl (C=O) groups excluding carboxylic acids is 1. The summed E-state index contributed by atoms with van der Waals surface area (Å²) in [5, 5.41) is 3.24. The molecule has 0 fully saturated rings. The molecule has 0 spiro atoms. The lowest BCUT2D eigenvalue weighted by molar-refractivity contribution is -0.122. The van der Waals surface area contributed by atoms with Gasteiger partial charge < -0.3 is 19.5 Å². The minimum Gasteiger partial charge on any atom is -0.495 e. The monoisotopic (exact) mass is 377 g/mol. The summed E-state index contributed by atoms with van der Waals surface area (Å²) < 4.78 is 16.5. The van der Waals surface area contributed by atoms with Crippen LogP contribution in [0.15, 0.2) is 30.3 Å². The standard InChI is InChI=1S/C20H24ClNO4/c1-6-16(26-17-9-12(2)7-8-13(17)3)20(23)22-15-11-18(24-4)14(21)10-19(15)25-5/h7-11,16H,6H2,1-5H3,(H,22,23). The Morgan fingerprint density at radius 2 is 1.77 bits per heavy atom. The molecule has 1 unspecified atom stereocenters. The van der Waals surface area contributed by atoms with Crippen LogP contribution in [0.25, 0.3) is 0 Å². The maximum atomic E-state index is 12.7. The van der Waals surface area contributed by atoms with Crippen LogP contribution in [0, 0.1) is 13.8 Å². The average Bonchev–Trinajstić information content (AvgIpc) is 2.63. The van der Waals surface area contributed by atoms with Crippen molar-refractivity contribution in [1.82, 2.24) is 0 Å². The van der Waals surface area contributed by atoms with Gasteiger partial charge in [0.2, 0.25) is 0 Å². The summed E-state index contributed by atoms with van der Waals surface area (Å²) in [5.74, 6) is 1.33. The number of amides is 1. The van der Waals surface area contributed by atoms with E-state index < -0.39 is 6.10 Å². The molecule has 0 bridgehead atoms. The van der Waals surface area contributed by atoms with Crippen LogP contribution in [0.1, 0.15) is 24.5 Å². The molecule has 0 aromatic heterocycles. The van der Waals surface area contributed by atoms with Crippen molar-refractivity contribution in [1.29, 1.82) is 0 Å². The van der Waals surface area contributed by atoms with Crippen LogP contribution in [0.2, 0.25) is 5.02 Å². The van der Waals surface area contributed by atoms with Gasteiger partial charge in [-0.05, 0) is 37.5 Å². The molecule has 1 amide bonds. The lowest BCUT2D eigenvalue weighted by Gasteiger charge is -2.20. The SMILES string of the molecule is CCC(Oc1cc(C)ccc1C)C(=O)Nc1cc(OC)c(Cl)cc1OC. The minimum atomic E-state index is -0.637. The predicted octanol–water partition coefficient (Wildman–Crippen LogP) is 4.77. The van der Waals surface area contributed by atoms with E-state index in [-0.39, 0.29) is 5.91 Å².